The van der Waals surface area contributed by atoms with Crippen LogP contribution in [0.3, 0.4) is 0 Å². The van der Waals surface area contributed by atoms with Gasteiger partial charge in [-0.05, 0) is 24.6 Å². The lowest BCUT2D eigenvalue weighted by atomic mass is 10.1. The lowest BCUT2D eigenvalue weighted by Crippen LogP contribution is -2.05. The highest BCUT2D eigenvalue weighted by atomic mass is 35.5. The second-order valence-corrected chi connectivity index (χ2v) is 4.41. The summed E-state index contributed by atoms with van der Waals surface area (Å²) in [4.78, 5) is 8.52. The molecule has 88 valence electrons. The van der Waals surface area contributed by atoms with E-state index >= 15 is 0 Å². The van der Waals surface area contributed by atoms with E-state index < -0.39 is 0 Å². The maximum absolute atomic E-state index is 9.26. The van der Waals surface area contributed by atoms with E-state index in [4.69, 9.17) is 11.6 Å². The van der Waals surface area contributed by atoms with Crippen molar-refractivity contribution >= 4 is 11.6 Å². The minimum Gasteiger partial charge on any atom is -0.393 e. The molecule has 1 N–H and O–H groups in total. The topological polar surface area (TPSA) is 46.0 Å². The van der Waals surface area contributed by atoms with Crippen LogP contribution in [0.5, 0.6) is 0 Å². The van der Waals surface area contributed by atoms with Gasteiger partial charge in [-0.15, -0.1) is 0 Å². The van der Waals surface area contributed by atoms with E-state index in [1.807, 2.05) is 24.3 Å². The van der Waals surface area contributed by atoms with Crippen molar-refractivity contribution < 1.29 is 5.11 Å². The summed E-state index contributed by atoms with van der Waals surface area (Å²) >= 11 is 5.91. The molecule has 0 saturated carbocycles. The number of hydrogen-bond acceptors (Lipinski definition) is 3. The van der Waals surface area contributed by atoms with E-state index in [1.54, 1.807) is 19.3 Å². The van der Waals surface area contributed by atoms with Crippen LogP contribution in [-0.4, -0.2) is 21.2 Å². The third kappa shape index (κ3) is 3.25. The molecule has 1 aromatic heterocycles. The first-order chi connectivity index (χ1) is 8.15. The summed E-state index contributed by atoms with van der Waals surface area (Å²) in [5, 5.41) is 9.92. The van der Waals surface area contributed by atoms with E-state index in [9.17, 15) is 5.11 Å². The van der Waals surface area contributed by atoms with Gasteiger partial charge in [-0.25, -0.2) is 9.97 Å². The third-order valence-electron chi connectivity index (χ3n) is 2.32. The largest absolute Gasteiger partial charge is 0.393 e. The highest BCUT2D eigenvalue weighted by Crippen LogP contribution is 2.19. The molecule has 0 saturated heterocycles. The molecule has 1 unspecified atom stereocenters. The van der Waals surface area contributed by atoms with E-state index in [0.29, 0.717) is 17.3 Å². The van der Waals surface area contributed by atoms with Gasteiger partial charge in [0.2, 0.25) is 0 Å². The molecule has 1 aromatic carbocycles. The van der Waals surface area contributed by atoms with Crippen molar-refractivity contribution in [3.05, 3.63) is 47.2 Å². The number of nitrogens with zero attached hydrogens (tertiary/aromatic N) is 2. The van der Waals surface area contributed by atoms with Gasteiger partial charge in [0.25, 0.3) is 0 Å². The number of halogens is 1. The van der Waals surface area contributed by atoms with Gasteiger partial charge in [-0.2, -0.15) is 0 Å². The predicted octanol–water partition coefficient (Wildman–Crippen LogP) is 2.72. The molecule has 0 aliphatic rings. The zero-order valence-corrected chi connectivity index (χ0v) is 10.2. The van der Waals surface area contributed by atoms with Gasteiger partial charge in [-0.1, -0.05) is 23.7 Å². The Morgan fingerprint density at radius 2 is 2.00 bits per heavy atom. The first-order valence-corrected chi connectivity index (χ1v) is 5.78. The first kappa shape index (κ1) is 12.0. The Balaban J connectivity index is 2.23. The third-order valence-corrected chi connectivity index (χ3v) is 2.55. The molecule has 0 bridgehead atoms. The molecule has 3 nitrogen and oxygen atoms in total. The van der Waals surface area contributed by atoms with E-state index in [1.165, 1.54) is 0 Å². The van der Waals surface area contributed by atoms with Crippen LogP contribution in [0.2, 0.25) is 5.02 Å². The van der Waals surface area contributed by atoms with Crippen molar-refractivity contribution in [1.82, 2.24) is 9.97 Å². The average molecular weight is 249 g/mol. The molecule has 0 aliphatic carbocycles. The van der Waals surface area contributed by atoms with Crippen molar-refractivity contribution in [2.45, 2.75) is 19.4 Å². The number of benzene rings is 1. The second-order valence-electron chi connectivity index (χ2n) is 3.98. The highest BCUT2D eigenvalue weighted by molar-refractivity contribution is 6.30. The summed E-state index contributed by atoms with van der Waals surface area (Å²) in [5.74, 6) is 0.641. The van der Waals surface area contributed by atoms with Crippen LogP contribution in [0.15, 0.2) is 36.7 Å². The van der Waals surface area contributed by atoms with Crippen molar-refractivity contribution in [3.8, 4) is 11.4 Å². The minimum atomic E-state index is -0.379. The Hall–Kier alpha value is -1.45. The fourth-order valence-corrected chi connectivity index (χ4v) is 1.77. The molecule has 0 aliphatic heterocycles. The Kier molecular flexibility index (Phi) is 3.71. The minimum absolute atomic E-state index is 0.379. The maximum atomic E-state index is 9.26. The Labute approximate surface area is 105 Å². The van der Waals surface area contributed by atoms with Crippen molar-refractivity contribution in [1.29, 1.82) is 0 Å². The van der Waals surface area contributed by atoms with Crippen LogP contribution < -0.4 is 0 Å². The van der Waals surface area contributed by atoms with Gasteiger partial charge in [0.15, 0.2) is 5.82 Å². The van der Waals surface area contributed by atoms with Gasteiger partial charge in [0.1, 0.15) is 0 Å². The van der Waals surface area contributed by atoms with Crippen molar-refractivity contribution in [2.24, 2.45) is 0 Å². The summed E-state index contributed by atoms with van der Waals surface area (Å²) in [5.41, 5.74) is 1.81. The molecule has 0 fully saturated rings. The van der Waals surface area contributed by atoms with Crippen LogP contribution in [-0.2, 0) is 6.42 Å². The lowest BCUT2D eigenvalue weighted by molar-refractivity contribution is 0.195. The van der Waals surface area contributed by atoms with Crippen molar-refractivity contribution in [3.63, 3.8) is 0 Å². The van der Waals surface area contributed by atoms with Crippen LogP contribution in [0.4, 0.5) is 0 Å². The lowest BCUT2D eigenvalue weighted by Gasteiger charge is -2.04. The molecule has 0 spiro atoms. The number of hydrogen-bond donors (Lipinski definition) is 1. The first-order valence-electron chi connectivity index (χ1n) is 5.40. The molecular weight excluding hydrogens is 236 g/mol. The summed E-state index contributed by atoms with van der Waals surface area (Å²) in [7, 11) is 0. The van der Waals surface area contributed by atoms with Gasteiger partial charge < -0.3 is 5.11 Å². The summed E-state index contributed by atoms with van der Waals surface area (Å²) in [6, 6.07) is 7.42. The van der Waals surface area contributed by atoms with Gasteiger partial charge in [-0.3, -0.25) is 0 Å². The zero-order chi connectivity index (χ0) is 12.3. The van der Waals surface area contributed by atoms with E-state index in [2.05, 4.69) is 9.97 Å². The molecule has 17 heavy (non-hydrogen) atoms. The van der Waals surface area contributed by atoms with Crippen molar-refractivity contribution in [2.75, 3.05) is 0 Å². The molecule has 1 heterocycles. The Morgan fingerprint density at radius 3 is 2.59 bits per heavy atom. The predicted molar refractivity (Wildman–Crippen MR) is 67.9 cm³/mol. The Morgan fingerprint density at radius 1 is 1.29 bits per heavy atom. The fraction of sp³-hybridized carbons (Fsp3) is 0.231. The van der Waals surface area contributed by atoms with Crippen LogP contribution in [0.25, 0.3) is 11.4 Å². The highest BCUT2D eigenvalue weighted by Gasteiger charge is 2.03. The van der Waals surface area contributed by atoms with Crippen LogP contribution in [0, 0.1) is 0 Å². The SMILES string of the molecule is CC(O)Cc1cnc(-c2cccc(Cl)c2)nc1. The van der Waals surface area contributed by atoms with Gasteiger partial charge in [0, 0.05) is 29.4 Å². The number of aromatic nitrogens is 2. The molecule has 0 radical (unpaired) electrons. The molecule has 0 amide bonds. The molecule has 1 atom stereocenters. The molecular formula is C13H13ClN2O. The molecule has 2 rings (SSSR count). The second kappa shape index (κ2) is 5.25. The van der Waals surface area contributed by atoms with Gasteiger partial charge >= 0.3 is 0 Å². The molecule has 4 heteroatoms. The summed E-state index contributed by atoms with van der Waals surface area (Å²) < 4.78 is 0. The normalized spacial score (nSPS) is 12.4. The standard InChI is InChI=1S/C13H13ClN2O/c1-9(17)5-10-7-15-13(16-8-10)11-3-2-4-12(14)6-11/h2-4,6-9,17H,5H2,1H3. The van der Waals surface area contributed by atoms with E-state index in [0.717, 1.165) is 11.1 Å². The van der Waals surface area contributed by atoms with E-state index in [-0.39, 0.29) is 6.10 Å². The number of aliphatic hydroxyl groups excluding tert-OH is 1. The number of aliphatic hydroxyl groups is 1. The Bertz CT molecular complexity index is 497. The van der Waals surface area contributed by atoms with Crippen LogP contribution >= 0.6 is 11.6 Å². The zero-order valence-electron chi connectivity index (χ0n) is 9.47. The average Bonchev–Trinajstić information content (AvgIpc) is 2.29. The van der Waals surface area contributed by atoms with Crippen LogP contribution in [0.1, 0.15) is 12.5 Å². The quantitative estimate of drug-likeness (QED) is 0.909. The van der Waals surface area contributed by atoms with Gasteiger partial charge in [0.05, 0.1) is 6.10 Å². The fourth-order valence-electron chi connectivity index (χ4n) is 1.58. The summed E-state index contributed by atoms with van der Waals surface area (Å²) in [6.07, 6.45) is 3.65. The number of rotatable bonds is 3. The maximum Gasteiger partial charge on any atom is 0.159 e. The smallest absolute Gasteiger partial charge is 0.159 e. The monoisotopic (exact) mass is 248 g/mol. The summed E-state index contributed by atoms with van der Waals surface area (Å²) in [6.45, 7) is 1.74. The molecule has 2 aromatic rings.